The zero-order valence-corrected chi connectivity index (χ0v) is 14.2. The Hall–Kier alpha value is -1.55. The summed E-state index contributed by atoms with van der Waals surface area (Å²) in [5.41, 5.74) is 1.64. The van der Waals surface area contributed by atoms with Crippen molar-refractivity contribution in [3.8, 4) is 0 Å². The van der Waals surface area contributed by atoms with Crippen LogP contribution in [0.3, 0.4) is 0 Å². The van der Waals surface area contributed by atoms with E-state index in [4.69, 9.17) is 11.6 Å². The molecule has 0 bridgehead atoms. The number of carbonyl (C=O) groups excluding carboxylic acids is 2. The Morgan fingerprint density at radius 1 is 1.32 bits per heavy atom. The molecule has 0 unspecified atom stereocenters. The molecule has 22 heavy (non-hydrogen) atoms. The quantitative estimate of drug-likeness (QED) is 0.857. The normalized spacial score (nSPS) is 15.7. The summed E-state index contributed by atoms with van der Waals surface area (Å²) in [5.74, 6) is 0.548. The molecule has 0 aromatic heterocycles. The maximum absolute atomic E-state index is 12.5. The highest BCUT2D eigenvalue weighted by atomic mass is 35.5. The summed E-state index contributed by atoms with van der Waals surface area (Å²) in [5, 5.41) is 0.626. The monoisotopic (exact) mass is 322 g/mol. The van der Waals surface area contributed by atoms with Gasteiger partial charge in [0.1, 0.15) is 6.54 Å². The maximum atomic E-state index is 12.5. The van der Waals surface area contributed by atoms with E-state index >= 15 is 0 Å². The van der Waals surface area contributed by atoms with Crippen LogP contribution in [0, 0.1) is 12.8 Å². The first-order valence-corrected chi connectivity index (χ1v) is 8.08. The van der Waals surface area contributed by atoms with Crippen molar-refractivity contribution in [1.82, 2.24) is 4.90 Å². The number of benzene rings is 1. The number of carbonyl (C=O) groups is 2. The van der Waals surface area contributed by atoms with Crippen LogP contribution in [0.25, 0.3) is 0 Å². The fourth-order valence-corrected chi connectivity index (χ4v) is 3.01. The molecule has 2 amide bonds. The minimum Gasteiger partial charge on any atom is -0.341 e. The van der Waals surface area contributed by atoms with Gasteiger partial charge in [0.05, 0.1) is 0 Å². The molecule has 0 N–H and O–H groups in total. The molecule has 120 valence electrons. The number of amides is 2. The maximum Gasteiger partial charge on any atom is 0.242 e. The van der Waals surface area contributed by atoms with Crippen LogP contribution in [0.15, 0.2) is 18.2 Å². The second-order valence-corrected chi connectivity index (χ2v) is 6.54. The van der Waals surface area contributed by atoms with E-state index in [1.165, 1.54) is 11.8 Å². The van der Waals surface area contributed by atoms with Gasteiger partial charge in [0.2, 0.25) is 11.8 Å². The van der Waals surface area contributed by atoms with Gasteiger partial charge in [-0.05, 0) is 49.4 Å². The molecule has 1 heterocycles. The molecular formula is C17H23ClN2O2. The van der Waals surface area contributed by atoms with Gasteiger partial charge in [0.15, 0.2) is 0 Å². The highest BCUT2D eigenvalue weighted by Crippen LogP contribution is 2.24. The Kier molecular flexibility index (Phi) is 5.46. The lowest BCUT2D eigenvalue weighted by molar-refractivity contribution is -0.132. The fraction of sp³-hybridized carbons (Fsp3) is 0.529. The van der Waals surface area contributed by atoms with Crippen LogP contribution in [-0.2, 0) is 9.59 Å². The third-order valence-corrected chi connectivity index (χ3v) is 4.49. The van der Waals surface area contributed by atoms with Crippen LogP contribution in [-0.4, -0.2) is 36.3 Å². The van der Waals surface area contributed by atoms with Crippen molar-refractivity contribution in [2.24, 2.45) is 5.92 Å². The van der Waals surface area contributed by atoms with Crippen LogP contribution in [0.2, 0.25) is 5.02 Å². The predicted molar refractivity (Wildman–Crippen MR) is 89.2 cm³/mol. The SMILES string of the molecule is CC(=O)N(CC(=O)N1CCC(C)CC1)c1ccc(Cl)cc1C. The van der Waals surface area contributed by atoms with Crippen molar-refractivity contribution in [1.29, 1.82) is 0 Å². The molecule has 1 saturated heterocycles. The number of nitrogens with zero attached hydrogens (tertiary/aromatic N) is 2. The highest BCUT2D eigenvalue weighted by molar-refractivity contribution is 6.30. The first-order chi connectivity index (χ1) is 10.4. The molecule has 4 nitrogen and oxygen atoms in total. The molecule has 0 radical (unpaired) electrons. The summed E-state index contributed by atoms with van der Waals surface area (Å²) < 4.78 is 0. The van der Waals surface area contributed by atoms with E-state index in [1.54, 1.807) is 18.2 Å². The number of anilines is 1. The van der Waals surface area contributed by atoms with E-state index in [2.05, 4.69) is 6.92 Å². The third-order valence-electron chi connectivity index (χ3n) is 4.26. The zero-order valence-electron chi connectivity index (χ0n) is 13.4. The van der Waals surface area contributed by atoms with Gasteiger partial charge < -0.3 is 9.80 Å². The molecule has 1 aliphatic heterocycles. The molecule has 1 aromatic rings. The van der Waals surface area contributed by atoms with Gasteiger partial charge in [-0.15, -0.1) is 0 Å². The molecule has 0 atom stereocenters. The van der Waals surface area contributed by atoms with Gasteiger partial charge in [-0.2, -0.15) is 0 Å². The van der Waals surface area contributed by atoms with Crippen LogP contribution < -0.4 is 4.90 Å². The van der Waals surface area contributed by atoms with E-state index in [9.17, 15) is 9.59 Å². The fourth-order valence-electron chi connectivity index (χ4n) is 2.78. The summed E-state index contributed by atoms with van der Waals surface area (Å²) in [7, 11) is 0. The van der Waals surface area contributed by atoms with Crippen molar-refractivity contribution in [3.63, 3.8) is 0 Å². The summed E-state index contributed by atoms with van der Waals surface area (Å²) in [4.78, 5) is 27.8. The minimum absolute atomic E-state index is 0.0106. The summed E-state index contributed by atoms with van der Waals surface area (Å²) in [6.07, 6.45) is 2.07. The number of piperidine rings is 1. The van der Waals surface area contributed by atoms with Gasteiger partial charge in [0, 0.05) is 30.7 Å². The van der Waals surface area contributed by atoms with E-state index in [0.29, 0.717) is 10.9 Å². The van der Waals surface area contributed by atoms with Crippen molar-refractivity contribution in [2.75, 3.05) is 24.5 Å². The first-order valence-electron chi connectivity index (χ1n) is 7.70. The molecule has 2 rings (SSSR count). The number of hydrogen-bond donors (Lipinski definition) is 0. The van der Waals surface area contributed by atoms with Gasteiger partial charge in [-0.3, -0.25) is 9.59 Å². The molecule has 5 heteroatoms. The topological polar surface area (TPSA) is 40.6 Å². The van der Waals surface area contributed by atoms with E-state index in [-0.39, 0.29) is 18.4 Å². The third kappa shape index (κ3) is 4.01. The molecular weight excluding hydrogens is 300 g/mol. The predicted octanol–water partition coefficient (Wildman–Crippen LogP) is 3.26. The zero-order chi connectivity index (χ0) is 16.3. The van der Waals surface area contributed by atoms with Crippen molar-refractivity contribution in [2.45, 2.75) is 33.6 Å². The number of rotatable bonds is 3. The first kappa shape index (κ1) is 16.8. The van der Waals surface area contributed by atoms with E-state index < -0.39 is 0 Å². The van der Waals surface area contributed by atoms with Crippen LogP contribution in [0.4, 0.5) is 5.69 Å². The standard InChI is InChI=1S/C17H23ClN2O2/c1-12-6-8-19(9-7-12)17(22)11-20(14(3)21)16-5-4-15(18)10-13(16)2/h4-5,10,12H,6-9,11H2,1-3H3. The highest BCUT2D eigenvalue weighted by Gasteiger charge is 2.24. The average molecular weight is 323 g/mol. The van der Waals surface area contributed by atoms with Gasteiger partial charge in [-0.1, -0.05) is 18.5 Å². The summed E-state index contributed by atoms with van der Waals surface area (Å²) in [6, 6.07) is 5.34. The lowest BCUT2D eigenvalue weighted by atomic mass is 9.99. The number of likely N-dealkylation sites (tertiary alicyclic amines) is 1. The molecule has 1 aromatic carbocycles. The lowest BCUT2D eigenvalue weighted by Gasteiger charge is -2.32. The van der Waals surface area contributed by atoms with Crippen LogP contribution in [0.1, 0.15) is 32.3 Å². The Morgan fingerprint density at radius 2 is 1.95 bits per heavy atom. The van der Waals surface area contributed by atoms with Crippen LogP contribution >= 0.6 is 11.6 Å². The van der Waals surface area contributed by atoms with Crippen LogP contribution in [0.5, 0.6) is 0 Å². The van der Waals surface area contributed by atoms with Crippen molar-refractivity contribution in [3.05, 3.63) is 28.8 Å². The number of halogens is 1. The second kappa shape index (κ2) is 7.14. The van der Waals surface area contributed by atoms with Crippen molar-refractivity contribution >= 4 is 29.1 Å². The Morgan fingerprint density at radius 3 is 2.50 bits per heavy atom. The van der Waals surface area contributed by atoms with E-state index in [1.807, 2.05) is 11.8 Å². The van der Waals surface area contributed by atoms with Gasteiger partial charge >= 0.3 is 0 Å². The Bertz CT molecular complexity index is 566. The lowest BCUT2D eigenvalue weighted by Crippen LogP contribution is -2.45. The Balaban J connectivity index is 2.12. The number of aryl methyl sites for hydroxylation is 1. The second-order valence-electron chi connectivity index (χ2n) is 6.10. The molecule has 0 aliphatic carbocycles. The average Bonchev–Trinajstić information content (AvgIpc) is 2.45. The summed E-state index contributed by atoms with van der Waals surface area (Å²) >= 11 is 5.96. The van der Waals surface area contributed by atoms with Gasteiger partial charge in [-0.25, -0.2) is 0 Å². The largest absolute Gasteiger partial charge is 0.341 e. The molecule has 1 aliphatic rings. The molecule has 0 spiro atoms. The summed E-state index contributed by atoms with van der Waals surface area (Å²) in [6.45, 7) is 7.24. The minimum atomic E-state index is -0.135. The van der Waals surface area contributed by atoms with E-state index in [0.717, 1.165) is 37.2 Å². The Labute approximate surface area is 137 Å². The smallest absolute Gasteiger partial charge is 0.242 e. The van der Waals surface area contributed by atoms with Crippen molar-refractivity contribution < 1.29 is 9.59 Å². The molecule has 1 fully saturated rings. The molecule has 0 saturated carbocycles. The number of hydrogen-bond acceptors (Lipinski definition) is 2. The van der Waals surface area contributed by atoms with Gasteiger partial charge in [0.25, 0.3) is 0 Å².